The fraction of sp³-hybridized carbons (Fsp3) is 0.357. The molecule has 2 aliphatic heterocycles. The monoisotopic (exact) mass is 553 g/mol. The Bertz CT molecular complexity index is 1270. The summed E-state index contributed by atoms with van der Waals surface area (Å²) in [4.78, 5) is 53.1. The lowest BCUT2D eigenvalue weighted by Gasteiger charge is -2.26. The van der Waals surface area contributed by atoms with Crippen LogP contribution in [0.2, 0.25) is 0 Å². The van der Waals surface area contributed by atoms with Crippen LogP contribution in [-0.4, -0.2) is 79.3 Å². The van der Waals surface area contributed by atoms with Crippen LogP contribution in [0.15, 0.2) is 47.4 Å². The molecule has 0 spiro atoms. The Morgan fingerprint density at radius 1 is 1.08 bits per heavy atom. The molecule has 2 heterocycles. The Balaban J connectivity index is 1.37. The van der Waals surface area contributed by atoms with Gasteiger partial charge in [0, 0.05) is 18.8 Å². The van der Waals surface area contributed by atoms with E-state index >= 15 is 0 Å². The maximum atomic E-state index is 12.9. The number of morpholine rings is 1. The second kappa shape index (κ2) is 12.8. The van der Waals surface area contributed by atoms with E-state index < -0.39 is 17.1 Å². The maximum Gasteiger partial charge on any atom is 0.294 e. The first-order valence-electron chi connectivity index (χ1n) is 12.6. The number of benzene rings is 2. The number of rotatable bonds is 9. The van der Waals surface area contributed by atoms with Crippen LogP contribution in [0.5, 0.6) is 11.5 Å². The first kappa shape index (κ1) is 28.2. The maximum absolute atomic E-state index is 12.9. The van der Waals surface area contributed by atoms with E-state index in [-0.39, 0.29) is 24.0 Å². The summed E-state index contributed by atoms with van der Waals surface area (Å²) >= 11 is 0.764. The number of nitrogens with zero attached hydrogens (tertiary/aromatic N) is 2. The molecule has 0 unspecified atom stereocenters. The number of carbonyl (C=O) groups excluding carboxylic acids is 4. The molecule has 10 nitrogen and oxygen atoms in total. The predicted octanol–water partition coefficient (Wildman–Crippen LogP) is 3.73. The van der Waals surface area contributed by atoms with Gasteiger partial charge in [0.25, 0.3) is 17.1 Å². The fourth-order valence-corrected chi connectivity index (χ4v) is 4.86. The lowest BCUT2D eigenvalue weighted by Crippen LogP contribution is -2.43. The molecule has 2 fully saturated rings. The molecule has 0 bridgehead atoms. The minimum absolute atomic E-state index is 0.140. The van der Waals surface area contributed by atoms with Crippen LogP contribution in [0.4, 0.5) is 10.5 Å². The van der Waals surface area contributed by atoms with Gasteiger partial charge < -0.3 is 24.4 Å². The van der Waals surface area contributed by atoms with Gasteiger partial charge in [0.2, 0.25) is 5.91 Å². The highest BCUT2D eigenvalue weighted by Crippen LogP contribution is 2.34. The summed E-state index contributed by atoms with van der Waals surface area (Å²) in [5.41, 5.74) is 2.33. The van der Waals surface area contributed by atoms with Gasteiger partial charge in [-0.05, 0) is 59.1 Å². The number of imide groups is 1. The minimum atomic E-state index is -0.550. The number of methoxy groups -OCH3 is 1. The number of anilines is 1. The third kappa shape index (κ3) is 7.18. The van der Waals surface area contributed by atoms with Crippen LogP contribution >= 0.6 is 11.8 Å². The summed E-state index contributed by atoms with van der Waals surface area (Å²) in [5, 5.41) is 2.20. The molecule has 0 radical (unpaired) electrons. The summed E-state index contributed by atoms with van der Waals surface area (Å²) < 4.78 is 16.3. The van der Waals surface area contributed by atoms with Gasteiger partial charge in [0.05, 0.1) is 25.2 Å². The van der Waals surface area contributed by atoms with E-state index in [1.165, 1.54) is 7.11 Å². The Labute approximate surface area is 231 Å². The number of hydrogen-bond donors (Lipinski definition) is 1. The quantitative estimate of drug-likeness (QED) is 0.468. The van der Waals surface area contributed by atoms with E-state index in [4.69, 9.17) is 14.2 Å². The summed E-state index contributed by atoms with van der Waals surface area (Å²) in [6.45, 7) is 5.70. The highest BCUT2D eigenvalue weighted by Gasteiger charge is 2.36. The summed E-state index contributed by atoms with van der Waals surface area (Å²) in [6.07, 6.45) is 1.55. The second-order valence-corrected chi connectivity index (χ2v) is 10.3. The van der Waals surface area contributed by atoms with Crippen LogP contribution in [0.25, 0.3) is 6.08 Å². The second-order valence-electron chi connectivity index (χ2n) is 9.28. The standard InChI is InChI=1S/C28H31N3O7S/c1-18(2)20-5-7-21(8-6-20)29-25(32)16-31-27(34)24(39-28(31)35)15-19-4-9-22(23(14-19)36-3)38-17-26(33)30-10-12-37-13-11-30/h4-9,14-15,18H,10-13,16-17H2,1-3H3,(H,29,32)/b24-15-. The molecule has 0 saturated carbocycles. The third-order valence-corrected chi connectivity index (χ3v) is 7.14. The third-order valence-electron chi connectivity index (χ3n) is 6.24. The molecule has 0 aromatic heterocycles. The molecule has 0 atom stereocenters. The zero-order chi connectivity index (χ0) is 27.9. The molecule has 4 amide bonds. The van der Waals surface area contributed by atoms with Gasteiger partial charge in [0.15, 0.2) is 18.1 Å². The molecule has 11 heteroatoms. The SMILES string of the molecule is COc1cc(/C=C2\SC(=O)N(CC(=O)Nc3ccc(C(C)C)cc3)C2=O)ccc1OCC(=O)N1CCOCC1. The number of hydrogen-bond acceptors (Lipinski definition) is 8. The van der Waals surface area contributed by atoms with Crippen molar-refractivity contribution in [2.45, 2.75) is 19.8 Å². The van der Waals surface area contributed by atoms with E-state index in [9.17, 15) is 19.2 Å². The highest BCUT2D eigenvalue weighted by molar-refractivity contribution is 8.18. The van der Waals surface area contributed by atoms with Gasteiger partial charge in [0.1, 0.15) is 6.54 Å². The summed E-state index contributed by atoms with van der Waals surface area (Å²) in [5.74, 6) is -0.0424. The molecule has 2 aromatic carbocycles. The highest BCUT2D eigenvalue weighted by atomic mass is 32.2. The molecular weight excluding hydrogens is 522 g/mol. The Morgan fingerprint density at radius 2 is 1.79 bits per heavy atom. The number of amides is 4. The van der Waals surface area contributed by atoms with Crippen LogP contribution in [0, 0.1) is 0 Å². The molecule has 0 aliphatic carbocycles. The van der Waals surface area contributed by atoms with Crippen molar-refractivity contribution in [3.05, 3.63) is 58.5 Å². The van der Waals surface area contributed by atoms with Crippen molar-refractivity contribution in [1.82, 2.24) is 9.80 Å². The largest absolute Gasteiger partial charge is 0.493 e. The summed E-state index contributed by atoms with van der Waals surface area (Å²) in [6, 6.07) is 12.4. The molecule has 2 saturated heterocycles. The van der Waals surface area contributed by atoms with Gasteiger partial charge in [-0.3, -0.25) is 24.1 Å². The number of carbonyl (C=O) groups is 4. The van der Waals surface area contributed by atoms with Crippen LogP contribution in [0.1, 0.15) is 30.9 Å². The average Bonchev–Trinajstić information content (AvgIpc) is 3.19. The predicted molar refractivity (Wildman–Crippen MR) is 148 cm³/mol. The van der Waals surface area contributed by atoms with E-state index in [1.54, 1.807) is 41.3 Å². The topological polar surface area (TPSA) is 114 Å². The lowest BCUT2D eigenvalue weighted by molar-refractivity contribution is -0.137. The van der Waals surface area contributed by atoms with Crippen molar-refractivity contribution >= 4 is 46.5 Å². The lowest BCUT2D eigenvalue weighted by atomic mass is 10.0. The van der Waals surface area contributed by atoms with Gasteiger partial charge in [-0.25, -0.2) is 0 Å². The van der Waals surface area contributed by atoms with Crippen LogP contribution < -0.4 is 14.8 Å². The Morgan fingerprint density at radius 3 is 2.46 bits per heavy atom. The van der Waals surface area contributed by atoms with Gasteiger partial charge >= 0.3 is 0 Å². The van der Waals surface area contributed by atoms with Crippen molar-refractivity contribution in [3.63, 3.8) is 0 Å². The zero-order valence-electron chi connectivity index (χ0n) is 22.1. The number of nitrogens with one attached hydrogen (secondary N) is 1. The first-order chi connectivity index (χ1) is 18.7. The van der Waals surface area contributed by atoms with E-state index in [2.05, 4.69) is 19.2 Å². The van der Waals surface area contributed by atoms with Crippen molar-refractivity contribution in [1.29, 1.82) is 0 Å². The van der Waals surface area contributed by atoms with Crippen molar-refractivity contribution in [2.24, 2.45) is 0 Å². The molecule has 4 rings (SSSR count). The number of thioether (sulfide) groups is 1. The van der Waals surface area contributed by atoms with Crippen LogP contribution in [-0.2, 0) is 19.1 Å². The molecule has 1 N–H and O–H groups in total. The average molecular weight is 554 g/mol. The van der Waals surface area contributed by atoms with Crippen molar-refractivity contribution < 1.29 is 33.4 Å². The Hall–Kier alpha value is -3.83. The van der Waals surface area contributed by atoms with Gasteiger partial charge in [-0.2, -0.15) is 0 Å². The molecular formula is C28H31N3O7S. The van der Waals surface area contributed by atoms with E-state index in [1.807, 2.05) is 12.1 Å². The summed E-state index contributed by atoms with van der Waals surface area (Å²) in [7, 11) is 1.47. The smallest absolute Gasteiger partial charge is 0.294 e. The minimum Gasteiger partial charge on any atom is -0.493 e. The molecule has 206 valence electrons. The van der Waals surface area contributed by atoms with Crippen molar-refractivity contribution in [2.75, 3.05) is 51.9 Å². The van der Waals surface area contributed by atoms with Gasteiger partial charge in [-0.1, -0.05) is 32.0 Å². The molecule has 2 aliphatic rings. The zero-order valence-corrected chi connectivity index (χ0v) is 22.9. The molecule has 39 heavy (non-hydrogen) atoms. The normalized spacial score (nSPS) is 16.7. The van der Waals surface area contributed by atoms with Gasteiger partial charge in [-0.15, -0.1) is 0 Å². The molecule has 2 aromatic rings. The number of ether oxygens (including phenoxy) is 3. The van der Waals surface area contributed by atoms with E-state index in [0.29, 0.717) is 55.0 Å². The van der Waals surface area contributed by atoms with E-state index in [0.717, 1.165) is 22.2 Å². The first-order valence-corrected chi connectivity index (χ1v) is 13.4. The van der Waals surface area contributed by atoms with Crippen LogP contribution in [0.3, 0.4) is 0 Å². The van der Waals surface area contributed by atoms with Crippen molar-refractivity contribution in [3.8, 4) is 11.5 Å². The fourth-order valence-electron chi connectivity index (χ4n) is 4.02. The Kier molecular flexibility index (Phi) is 9.26.